The summed E-state index contributed by atoms with van der Waals surface area (Å²) in [5, 5.41) is 5.90. The second kappa shape index (κ2) is 5.76. The zero-order valence-corrected chi connectivity index (χ0v) is 12.0. The van der Waals surface area contributed by atoms with Gasteiger partial charge in [0.15, 0.2) is 0 Å². The molecule has 100 valence electrons. The Morgan fingerprint density at radius 1 is 1.26 bits per heavy atom. The molecule has 1 aromatic heterocycles. The van der Waals surface area contributed by atoms with Crippen molar-refractivity contribution >= 4 is 11.3 Å². The molecule has 0 saturated heterocycles. The summed E-state index contributed by atoms with van der Waals surface area (Å²) >= 11 is 1.90. The first-order valence-corrected chi connectivity index (χ1v) is 7.67. The quantitative estimate of drug-likeness (QED) is 0.911. The maximum atomic E-state index is 5.18. The number of aryl methyl sites for hydroxylation is 1. The molecule has 0 aliphatic heterocycles. The van der Waals surface area contributed by atoms with Gasteiger partial charge in [0.05, 0.1) is 7.11 Å². The summed E-state index contributed by atoms with van der Waals surface area (Å²) in [7, 11) is 1.70. The zero-order chi connectivity index (χ0) is 13.1. The highest BCUT2D eigenvalue weighted by Gasteiger charge is 2.20. The summed E-state index contributed by atoms with van der Waals surface area (Å²) in [6, 6.07) is 11.1. The first-order valence-electron chi connectivity index (χ1n) is 6.79. The molecule has 0 bridgehead atoms. The van der Waals surface area contributed by atoms with E-state index in [0.717, 1.165) is 12.3 Å². The average Bonchev–Trinajstić information content (AvgIpc) is 2.94. The molecule has 1 unspecified atom stereocenters. The van der Waals surface area contributed by atoms with Crippen LogP contribution in [0.15, 0.2) is 35.7 Å². The van der Waals surface area contributed by atoms with Gasteiger partial charge in [-0.05, 0) is 54.0 Å². The molecule has 2 aromatic rings. The number of nitrogens with one attached hydrogen (secondary N) is 1. The van der Waals surface area contributed by atoms with E-state index in [4.69, 9.17) is 4.74 Å². The molecule has 2 nitrogen and oxygen atoms in total. The van der Waals surface area contributed by atoms with Crippen molar-refractivity contribution in [1.29, 1.82) is 0 Å². The second-order valence-electron chi connectivity index (χ2n) is 4.97. The van der Waals surface area contributed by atoms with Gasteiger partial charge in [0.25, 0.3) is 0 Å². The Hall–Kier alpha value is -1.32. The van der Waals surface area contributed by atoms with E-state index in [1.54, 1.807) is 12.0 Å². The molecule has 0 spiro atoms. The van der Waals surface area contributed by atoms with Crippen LogP contribution in [0.1, 0.15) is 34.9 Å². The predicted octanol–water partition coefficient (Wildman–Crippen LogP) is 3.92. The summed E-state index contributed by atoms with van der Waals surface area (Å²) in [6.07, 6.45) is 3.81. The van der Waals surface area contributed by atoms with Crippen molar-refractivity contribution in [2.75, 3.05) is 7.11 Å². The minimum Gasteiger partial charge on any atom is -0.497 e. The number of ether oxygens (including phenoxy) is 1. The predicted molar refractivity (Wildman–Crippen MR) is 79.8 cm³/mol. The normalized spacial score (nSPS) is 18.1. The first kappa shape index (κ1) is 12.7. The third-order valence-corrected chi connectivity index (χ3v) is 4.76. The lowest BCUT2D eigenvalue weighted by Crippen LogP contribution is -2.23. The van der Waals surface area contributed by atoms with Crippen molar-refractivity contribution < 1.29 is 4.74 Å². The lowest BCUT2D eigenvalue weighted by molar-refractivity contribution is 0.414. The molecule has 19 heavy (non-hydrogen) atoms. The molecule has 0 fully saturated rings. The Morgan fingerprint density at radius 3 is 2.89 bits per heavy atom. The van der Waals surface area contributed by atoms with Crippen molar-refractivity contribution in [3.63, 3.8) is 0 Å². The van der Waals surface area contributed by atoms with Crippen LogP contribution in [-0.4, -0.2) is 7.11 Å². The summed E-state index contributed by atoms with van der Waals surface area (Å²) < 4.78 is 5.18. The second-order valence-corrected chi connectivity index (χ2v) is 5.97. The van der Waals surface area contributed by atoms with Gasteiger partial charge >= 0.3 is 0 Å². The van der Waals surface area contributed by atoms with Crippen molar-refractivity contribution in [3.8, 4) is 5.75 Å². The average molecular weight is 273 g/mol. The summed E-state index contributed by atoms with van der Waals surface area (Å²) in [5.41, 5.74) is 2.83. The molecule has 3 heteroatoms. The van der Waals surface area contributed by atoms with E-state index in [1.165, 1.54) is 30.4 Å². The third-order valence-electron chi connectivity index (χ3n) is 3.76. The largest absolute Gasteiger partial charge is 0.497 e. The lowest BCUT2D eigenvalue weighted by atomic mass is 9.94. The first-order chi connectivity index (χ1) is 9.36. The van der Waals surface area contributed by atoms with E-state index in [2.05, 4.69) is 28.9 Å². The Labute approximate surface area is 118 Å². The number of fused-ring (bicyclic) bond motifs is 1. The molecule has 3 rings (SSSR count). The standard InChI is InChI=1S/C16H19NOS/c1-18-13-7-5-12(6-8-13)11-17-15-3-2-4-16-14(15)9-10-19-16/h5-10,15,17H,2-4,11H2,1H3. The molecule has 1 aromatic carbocycles. The van der Waals surface area contributed by atoms with Crippen LogP contribution in [0.2, 0.25) is 0 Å². The molecule has 1 N–H and O–H groups in total. The van der Waals surface area contributed by atoms with Crippen LogP contribution in [0.25, 0.3) is 0 Å². The van der Waals surface area contributed by atoms with Gasteiger partial charge < -0.3 is 10.1 Å². The molecular weight excluding hydrogens is 254 g/mol. The number of benzene rings is 1. The van der Waals surface area contributed by atoms with Crippen molar-refractivity contribution in [2.24, 2.45) is 0 Å². The highest BCUT2D eigenvalue weighted by molar-refractivity contribution is 7.10. The zero-order valence-electron chi connectivity index (χ0n) is 11.2. The number of thiophene rings is 1. The monoisotopic (exact) mass is 273 g/mol. The van der Waals surface area contributed by atoms with Crippen LogP contribution in [0.3, 0.4) is 0 Å². The molecule has 1 aliphatic rings. The van der Waals surface area contributed by atoms with E-state index in [1.807, 2.05) is 23.5 Å². The van der Waals surface area contributed by atoms with Crippen molar-refractivity contribution in [2.45, 2.75) is 31.8 Å². The van der Waals surface area contributed by atoms with E-state index in [9.17, 15) is 0 Å². The molecule has 0 radical (unpaired) electrons. The van der Waals surface area contributed by atoms with Crippen molar-refractivity contribution in [3.05, 3.63) is 51.7 Å². The van der Waals surface area contributed by atoms with E-state index >= 15 is 0 Å². The third kappa shape index (κ3) is 2.82. The Balaban J connectivity index is 1.64. The summed E-state index contributed by atoms with van der Waals surface area (Å²) in [5.74, 6) is 0.918. The summed E-state index contributed by atoms with van der Waals surface area (Å²) in [6.45, 7) is 0.921. The Bertz CT molecular complexity index is 532. The lowest BCUT2D eigenvalue weighted by Gasteiger charge is -2.23. The Kier molecular flexibility index (Phi) is 3.85. The molecule has 0 saturated carbocycles. The van der Waals surface area contributed by atoms with Crippen LogP contribution < -0.4 is 10.1 Å². The van der Waals surface area contributed by atoms with Crippen molar-refractivity contribution in [1.82, 2.24) is 5.32 Å². The number of hydrogen-bond acceptors (Lipinski definition) is 3. The van der Waals surface area contributed by atoms with Crippen LogP contribution in [0.4, 0.5) is 0 Å². The van der Waals surface area contributed by atoms with Gasteiger partial charge in [-0.25, -0.2) is 0 Å². The highest BCUT2D eigenvalue weighted by atomic mass is 32.1. The smallest absolute Gasteiger partial charge is 0.118 e. The van der Waals surface area contributed by atoms with Crippen LogP contribution in [-0.2, 0) is 13.0 Å². The van der Waals surface area contributed by atoms with Crippen LogP contribution in [0.5, 0.6) is 5.75 Å². The number of hydrogen-bond donors (Lipinski definition) is 1. The van der Waals surface area contributed by atoms with Gasteiger partial charge in [0.2, 0.25) is 0 Å². The minimum atomic E-state index is 0.525. The van der Waals surface area contributed by atoms with E-state index in [0.29, 0.717) is 6.04 Å². The maximum Gasteiger partial charge on any atom is 0.118 e. The molecule has 0 amide bonds. The number of rotatable bonds is 4. The van der Waals surface area contributed by atoms with E-state index < -0.39 is 0 Å². The highest BCUT2D eigenvalue weighted by Crippen LogP contribution is 2.33. The van der Waals surface area contributed by atoms with Gasteiger partial charge in [-0.3, -0.25) is 0 Å². The SMILES string of the molecule is COc1ccc(CNC2CCCc3sccc32)cc1. The fraction of sp³-hybridized carbons (Fsp3) is 0.375. The molecule has 1 heterocycles. The topological polar surface area (TPSA) is 21.3 Å². The molecular formula is C16H19NOS. The van der Waals surface area contributed by atoms with Crippen LogP contribution >= 0.6 is 11.3 Å². The van der Waals surface area contributed by atoms with Crippen LogP contribution in [0, 0.1) is 0 Å². The fourth-order valence-corrected chi connectivity index (χ4v) is 3.67. The Morgan fingerprint density at radius 2 is 2.11 bits per heavy atom. The molecule has 1 aliphatic carbocycles. The van der Waals surface area contributed by atoms with Gasteiger partial charge in [0.1, 0.15) is 5.75 Å². The maximum absolute atomic E-state index is 5.18. The van der Waals surface area contributed by atoms with E-state index in [-0.39, 0.29) is 0 Å². The fourth-order valence-electron chi connectivity index (χ4n) is 2.68. The van der Waals surface area contributed by atoms with Gasteiger partial charge in [-0.2, -0.15) is 0 Å². The summed E-state index contributed by atoms with van der Waals surface area (Å²) in [4.78, 5) is 1.57. The van der Waals surface area contributed by atoms with Gasteiger partial charge in [-0.15, -0.1) is 11.3 Å². The van der Waals surface area contributed by atoms with Gasteiger partial charge in [-0.1, -0.05) is 12.1 Å². The number of methoxy groups -OCH3 is 1. The minimum absolute atomic E-state index is 0.525. The molecule has 1 atom stereocenters. The van der Waals surface area contributed by atoms with Gasteiger partial charge in [0, 0.05) is 17.5 Å².